The highest BCUT2D eigenvalue weighted by Crippen LogP contribution is 2.26. The third kappa shape index (κ3) is 6.50. The maximum Gasteiger partial charge on any atom is 0.410 e. The van der Waals surface area contributed by atoms with E-state index in [1.54, 1.807) is 4.90 Å². The van der Waals surface area contributed by atoms with Gasteiger partial charge in [-0.25, -0.2) is 14.4 Å². The number of esters is 2. The molecule has 0 aliphatic carbocycles. The summed E-state index contributed by atoms with van der Waals surface area (Å²) in [6.07, 6.45) is 0.605. The largest absolute Gasteiger partial charge is 0.465 e. The monoisotopic (exact) mass is 418 g/mol. The Balaban J connectivity index is 2.06. The van der Waals surface area contributed by atoms with E-state index in [-0.39, 0.29) is 29.9 Å². The predicted molar refractivity (Wildman–Crippen MR) is 110 cm³/mol. The summed E-state index contributed by atoms with van der Waals surface area (Å²) in [5.41, 5.74) is 6.26. The molecule has 1 aromatic rings. The number of nitrogens with zero attached hydrogens (tertiary/aromatic N) is 1. The Hall–Kier alpha value is -3.03. The minimum atomic E-state index is -0.833. The van der Waals surface area contributed by atoms with E-state index in [0.29, 0.717) is 25.9 Å². The standard InChI is InChI=1S/C22H30N2O6/c1-22(2,3)30-21(27)24-12-10-16(11-13-24)18(23)17(19(25)28-4)20(26)29-14-15-8-6-5-7-9-15/h5-9,16H,10-14,23H2,1-4H3/b18-17-. The van der Waals surface area contributed by atoms with Crippen molar-refractivity contribution in [2.24, 2.45) is 11.7 Å². The van der Waals surface area contributed by atoms with E-state index < -0.39 is 17.5 Å². The highest BCUT2D eigenvalue weighted by atomic mass is 16.6. The van der Waals surface area contributed by atoms with Crippen LogP contribution in [0.5, 0.6) is 0 Å². The van der Waals surface area contributed by atoms with E-state index in [1.807, 2.05) is 51.1 Å². The number of likely N-dealkylation sites (tertiary alicyclic amines) is 1. The first-order chi connectivity index (χ1) is 14.1. The highest BCUT2D eigenvalue weighted by molar-refractivity contribution is 6.14. The molecule has 1 amide bonds. The maximum absolute atomic E-state index is 12.6. The highest BCUT2D eigenvalue weighted by Gasteiger charge is 2.32. The van der Waals surface area contributed by atoms with Crippen LogP contribution in [-0.4, -0.2) is 48.7 Å². The van der Waals surface area contributed by atoms with Crippen molar-refractivity contribution in [1.29, 1.82) is 0 Å². The van der Waals surface area contributed by atoms with Crippen molar-refractivity contribution in [2.45, 2.75) is 45.8 Å². The smallest absolute Gasteiger partial charge is 0.410 e. The predicted octanol–water partition coefficient (Wildman–Crippen LogP) is 2.76. The van der Waals surface area contributed by atoms with Crippen molar-refractivity contribution >= 4 is 18.0 Å². The average molecular weight is 418 g/mol. The van der Waals surface area contributed by atoms with Gasteiger partial charge in [-0.1, -0.05) is 30.3 Å². The second-order valence-electron chi connectivity index (χ2n) is 8.13. The molecule has 1 aliphatic rings. The zero-order chi connectivity index (χ0) is 22.3. The number of carbonyl (C=O) groups excluding carboxylic acids is 3. The number of hydrogen-bond donors (Lipinski definition) is 1. The van der Waals surface area contributed by atoms with Gasteiger partial charge in [-0.3, -0.25) is 0 Å². The van der Waals surface area contributed by atoms with Crippen molar-refractivity contribution in [3.8, 4) is 0 Å². The fourth-order valence-electron chi connectivity index (χ4n) is 3.12. The summed E-state index contributed by atoms with van der Waals surface area (Å²) >= 11 is 0. The molecule has 1 heterocycles. The van der Waals surface area contributed by atoms with Crippen LogP contribution >= 0.6 is 0 Å². The third-order valence-corrected chi connectivity index (χ3v) is 4.68. The quantitative estimate of drug-likeness (QED) is 0.257. The minimum Gasteiger partial charge on any atom is -0.465 e. The molecule has 1 aliphatic heterocycles. The lowest BCUT2D eigenvalue weighted by atomic mass is 9.91. The lowest BCUT2D eigenvalue weighted by molar-refractivity contribution is -0.146. The van der Waals surface area contributed by atoms with Crippen LogP contribution in [0.4, 0.5) is 4.79 Å². The molecule has 0 atom stereocenters. The fourth-order valence-corrected chi connectivity index (χ4v) is 3.12. The molecule has 8 nitrogen and oxygen atoms in total. The van der Waals surface area contributed by atoms with Gasteiger partial charge < -0.3 is 24.8 Å². The Morgan fingerprint density at radius 1 is 1.07 bits per heavy atom. The molecule has 0 saturated carbocycles. The number of allylic oxidation sites excluding steroid dienone is 1. The van der Waals surface area contributed by atoms with Gasteiger partial charge in [0.05, 0.1) is 7.11 Å². The Morgan fingerprint density at radius 2 is 1.67 bits per heavy atom. The number of hydrogen-bond acceptors (Lipinski definition) is 7. The average Bonchev–Trinajstić information content (AvgIpc) is 2.71. The molecule has 1 saturated heterocycles. The summed E-state index contributed by atoms with van der Waals surface area (Å²) in [5.74, 6) is -1.90. The number of carbonyl (C=O) groups is 3. The summed E-state index contributed by atoms with van der Waals surface area (Å²) in [7, 11) is 1.19. The van der Waals surface area contributed by atoms with E-state index >= 15 is 0 Å². The second-order valence-corrected chi connectivity index (χ2v) is 8.13. The van der Waals surface area contributed by atoms with Gasteiger partial charge in [0, 0.05) is 24.7 Å². The first-order valence-electron chi connectivity index (χ1n) is 9.89. The van der Waals surface area contributed by atoms with Gasteiger partial charge in [0.25, 0.3) is 0 Å². The molecule has 0 unspecified atom stereocenters. The molecule has 2 N–H and O–H groups in total. The molecule has 164 valence electrons. The van der Waals surface area contributed by atoms with E-state index in [4.69, 9.17) is 19.9 Å². The zero-order valence-corrected chi connectivity index (χ0v) is 18.0. The summed E-state index contributed by atoms with van der Waals surface area (Å²) < 4.78 is 15.4. The van der Waals surface area contributed by atoms with Gasteiger partial charge in [0.2, 0.25) is 0 Å². The SMILES string of the molecule is COC(=O)/C(C(=O)OCc1ccccc1)=C(/N)C1CCN(C(=O)OC(C)(C)C)CC1. The molecule has 0 radical (unpaired) electrons. The van der Waals surface area contributed by atoms with E-state index in [0.717, 1.165) is 5.56 Å². The molecular weight excluding hydrogens is 388 g/mol. The zero-order valence-electron chi connectivity index (χ0n) is 18.0. The number of benzene rings is 1. The number of piperidine rings is 1. The van der Waals surface area contributed by atoms with Crippen molar-refractivity contribution < 1.29 is 28.6 Å². The molecule has 1 aromatic carbocycles. The van der Waals surface area contributed by atoms with Crippen LogP contribution in [0.25, 0.3) is 0 Å². The molecule has 0 spiro atoms. The normalized spacial score (nSPS) is 15.8. The summed E-state index contributed by atoms with van der Waals surface area (Å²) in [6, 6.07) is 9.13. The molecule has 2 rings (SSSR count). The van der Waals surface area contributed by atoms with Gasteiger partial charge >= 0.3 is 18.0 Å². The molecule has 0 bridgehead atoms. The first-order valence-corrected chi connectivity index (χ1v) is 9.89. The van der Waals surface area contributed by atoms with E-state index in [2.05, 4.69) is 0 Å². The summed E-state index contributed by atoms with van der Waals surface area (Å²) in [5, 5.41) is 0. The van der Waals surface area contributed by atoms with Gasteiger partial charge in [-0.05, 0) is 39.2 Å². The van der Waals surface area contributed by atoms with Crippen LogP contribution in [-0.2, 0) is 30.4 Å². The summed E-state index contributed by atoms with van der Waals surface area (Å²) in [6.45, 7) is 6.26. The van der Waals surface area contributed by atoms with Crippen LogP contribution in [0.3, 0.4) is 0 Å². The third-order valence-electron chi connectivity index (χ3n) is 4.68. The van der Waals surface area contributed by atoms with Crippen LogP contribution in [0.15, 0.2) is 41.6 Å². The van der Waals surface area contributed by atoms with Crippen LogP contribution in [0.2, 0.25) is 0 Å². The fraction of sp³-hybridized carbons (Fsp3) is 0.500. The summed E-state index contributed by atoms with van der Waals surface area (Å²) in [4.78, 5) is 38.6. The van der Waals surface area contributed by atoms with Gasteiger partial charge in [-0.2, -0.15) is 0 Å². The second kappa shape index (κ2) is 10.1. The van der Waals surface area contributed by atoms with Crippen LogP contribution in [0, 0.1) is 5.92 Å². The number of methoxy groups -OCH3 is 1. The van der Waals surface area contributed by atoms with Crippen molar-refractivity contribution in [3.05, 3.63) is 47.2 Å². The van der Waals surface area contributed by atoms with Crippen molar-refractivity contribution in [1.82, 2.24) is 4.90 Å². The molecule has 8 heteroatoms. The van der Waals surface area contributed by atoms with E-state index in [1.165, 1.54) is 7.11 Å². The van der Waals surface area contributed by atoms with Crippen LogP contribution in [0.1, 0.15) is 39.2 Å². The lowest BCUT2D eigenvalue weighted by Crippen LogP contribution is -2.43. The lowest BCUT2D eigenvalue weighted by Gasteiger charge is -2.33. The minimum absolute atomic E-state index is 0.0184. The number of rotatable bonds is 5. The Kier molecular flexibility index (Phi) is 7.86. The topological polar surface area (TPSA) is 108 Å². The van der Waals surface area contributed by atoms with Crippen molar-refractivity contribution in [2.75, 3.05) is 20.2 Å². The van der Waals surface area contributed by atoms with E-state index in [9.17, 15) is 14.4 Å². The number of nitrogens with two attached hydrogens (primary N) is 1. The van der Waals surface area contributed by atoms with Crippen LogP contribution < -0.4 is 5.73 Å². The molecule has 0 aromatic heterocycles. The number of amides is 1. The van der Waals surface area contributed by atoms with Gasteiger partial charge in [-0.15, -0.1) is 0 Å². The Morgan fingerprint density at radius 3 is 2.20 bits per heavy atom. The van der Waals surface area contributed by atoms with Crippen molar-refractivity contribution in [3.63, 3.8) is 0 Å². The molecular formula is C22H30N2O6. The molecule has 30 heavy (non-hydrogen) atoms. The van der Waals surface area contributed by atoms with Gasteiger partial charge in [0.1, 0.15) is 12.2 Å². The first kappa shape index (κ1) is 23.3. The Labute approximate surface area is 176 Å². The maximum atomic E-state index is 12.6. The van der Waals surface area contributed by atoms with Gasteiger partial charge in [0.15, 0.2) is 5.57 Å². The molecule has 1 fully saturated rings. The Bertz CT molecular complexity index is 790. The number of ether oxygens (including phenoxy) is 3.